The summed E-state index contributed by atoms with van der Waals surface area (Å²) in [6, 6.07) is 6.70. The van der Waals surface area contributed by atoms with E-state index in [0.29, 0.717) is 16.7 Å². The van der Waals surface area contributed by atoms with Gasteiger partial charge in [0.15, 0.2) is 5.43 Å². The van der Waals surface area contributed by atoms with Crippen LogP contribution in [0.15, 0.2) is 33.5 Å². The molecule has 0 saturated heterocycles. The summed E-state index contributed by atoms with van der Waals surface area (Å²) in [4.78, 5) is 22.2. The van der Waals surface area contributed by atoms with Gasteiger partial charge in [-0.05, 0) is 24.6 Å². The van der Waals surface area contributed by atoms with Gasteiger partial charge in [0.25, 0.3) is 0 Å². The number of hydrogen-bond acceptors (Lipinski definition) is 3. The van der Waals surface area contributed by atoms with E-state index in [0.717, 1.165) is 5.56 Å². The lowest BCUT2D eigenvalue weighted by Crippen LogP contribution is -2.04. The highest BCUT2D eigenvalue weighted by molar-refractivity contribution is 5.77. The summed E-state index contributed by atoms with van der Waals surface area (Å²) in [6.07, 6.45) is 0.189. The van der Waals surface area contributed by atoms with E-state index in [1.54, 1.807) is 12.1 Å². The third-order valence-corrected chi connectivity index (χ3v) is 2.52. The van der Waals surface area contributed by atoms with Crippen molar-refractivity contribution in [3.63, 3.8) is 0 Å². The second-order valence-corrected chi connectivity index (χ2v) is 3.97. The zero-order chi connectivity index (χ0) is 12.4. The Balaban J connectivity index is 2.46. The van der Waals surface area contributed by atoms with Crippen LogP contribution in [0.5, 0.6) is 0 Å². The van der Waals surface area contributed by atoms with Crippen molar-refractivity contribution in [3.05, 3.63) is 45.8 Å². The molecule has 0 unspecified atom stereocenters. The van der Waals surface area contributed by atoms with Gasteiger partial charge in [-0.15, -0.1) is 0 Å². The predicted molar refractivity (Wildman–Crippen MR) is 63.2 cm³/mol. The van der Waals surface area contributed by atoms with E-state index in [9.17, 15) is 9.59 Å². The molecule has 1 aromatic heterocycles. The van der Waals surface area contributed by atoms with Crippen molar-refractivity contribution in [1.82, 2.24) is 0 Å². The van der Waals surface area contributed by atoms with Crippen molar-refractivity contribution in [1.29, 1.82) is 0 Å². The van der Waals surface area contributed by atoms with E-state index in [1.165, 1.54) is 6.07 Å². The summed E-state index contributed by atoms with van der Waals surface area (Å²) in [5.41, 5.74) is 1.38. The average Bonchev–Trinajstić information content (AvgIpc) is 2.25. The van der Waals surface area contributed by atoms with Gasteiger partial charge >= 0.3 is 5.97 Å². The van der Waals surface area contributed by atoms with Crippen LogP contribution in [0.1, 0.15) is 17.7 Å². The lowest BCUT2D eigenvalue weighted by molar-refractivity contribution is -0.137. The molecule has 1 N–H and O–H groups in total. The van der Waals surface area contributed by atoms with Crippen LogP contribution in [0.3, 0.4) is 0 Å². The van der Waals surface area contributed by atoms with Gasteiger partial charge in [-0.3, -0.25) is 9.59 Å². The lowest BCUT2D eigenvalue weighted by atomic mass is 10.1. The number of carboxylic acids is 1. The fourth-order valence-electron chi connectivity index (χ4n) is 1.67. The molecule has 0 aliphatic rings. The largest absolute Gasteiger partial charge is 0.481 e. The highest BCUT2D eigenvalue weighted by Gasteiger charge is 2.06. The summed E-state index contributed by atoms with van der Waals surface area (Å²) in [5.74, 6) is -0.493. The van der Waals surface area contributed by atoms with E-state index in [4.69, 9.17) is 9.52 Å². The Kier molecular flexibility index (Phi) is 2.95. The quantitative estimate of drug-likeness (QED) is 0.880. The Bertz CT molecular complexity index is 625. The molecule has 0 amide bonds. The molecule has 0 spiro atoms. The number of benzene rings is 1. The van der Waals surface area contributed by atoms with Crippen molar-refractivity contribution < 1.29 is 14.3 Å². The Morgan fingerprint density at radius 1 is 1.35 bits per heavy atom. The third kappa shape index (κ3) is 2.53. The fourth-order valence-corrected chi connectivity index (χ4v) is 1.67. The minimum absolute atomic E-state index is 0.0414. The molecular formula is C13H12O4. The van der Waals surface area contributed by atoms with Crippen LogP contribution in [0.25, 0.3) is 11.0 Å². The monoisotopic (exact) mass is 232 g/mol. The molecule has 2 rings (SSSR count). The summed E-state index contributed by atoms with van der Waals surface area (Å²) >= 11 is 0. The van der Waals surface area contributed by atoms with Crippen molar-refractivity contribution in [2.45, 2.75) is 19.8 Å². The second-order valence-electron chi connectivity index (χ2n) is 3.97. The first-order valence-electron chi connectivity index (χ1n) is 5.31. The molecule has 1 aromatic carbocycles. The molecule has 0 fully saturated rings. The zero-order valence-corrected chi connectivity index (χ0v) is 9.40. The molecule has 4 heteroatoms. The Labute approximate surface area is 97.5 Å². The van der Waals surface area contributed by atoms with Gasteiger partial charge in [-0.2, -0.15) is 0 Å². The van der Waals surface area contributed by atoms with E-state index in [2.05, 4.69) is 0 Å². The minimum Gasteiger partial charge on any atom is -0.481 e. The first kappa shape index (κ1) is 11.4. The van der Waals surface area contributed by atoms with E-state index in [-0.39, 0.29) is 18.3 Å². The summed E-state index contributed by atoms with van der Waals surface area (Å²) < 4.78 is 5.51. The molecule has 88 valence electrons. The molecule has 0 aliphatic heterocycles. The summed E-state index contributed by atoms with van der Waals surface area (Å²) in [7, 11) is 0. The normalized spacial score (nSPS) is 10.6. The molecule has 0 saturated carbocycles. The van der Waals surface area contributed by atoms with Gasteiger partial charge in [0.1, 0.15) is 11.3 Å². The van der Waals surface area contributed by atoms with Crippen LogP contribution in [-0.2, 0) is 11.2 Å². The van der Waals surface area contributed by atoms with Crippen LogP contribution >= 0.6 is 0 Å². The minimum atomic E-state index is -0.906. The number of hydrogen-bond donors (Lipinski definition) is 1. The lowest BCUT2D eigenvalue weighted by Gasteiger charge is -2.02. The highest BCUT2D eigenvalue weighted by Crippen LogP contribution is 2.15. The van der Waals surface area contributed by atoms with Crippen molar-refractivity contribution in [3.8, 4) is 0 Å². The highest BCUT2D eigenvalue weighted by atomic mass is 16.4. The number of fused-ring (bicyclic) bond motifs is 1. The Morgan fingerprint density at radius 3 is 2.82 bits per heavy atom. The number of aryl methyl sites for hydroxylation is 2. The molecule has 0 bridgehead atoms. The molecule has 2 aromatic rings. The SMILES string of the molecule is Cc1ccc2c(=O)cc(CCC(=O)O)oc2c1. The van der Waals surface area contributed by atoms with E-state index < -0.39 is 5.97 Å². The van der Waals surface area contributed by atoms with Crippen LogP contribution in [0.2, 0.25) is 0 Å². The van der Waals surface area contributed by atoms with Gasteiger partial charge in [0.05, 0.1) is 11.8 Å². The van der Waals surface area contributed by atoms with Crippen molar-refractivity contribution >= 4 is 16.9 Å². The number of carbonyl (C=O) groups is 1. The maximum absolute atomic E-state index is 11.7. The van der Waals surface area contributed by atoms with E-state index in [1.807, 2.05) is 13.0 Å². The number of rotatable bonds is 3. The van der Waals surface area contributed by atoms with Gasteiger partial charge in [0, 0.05) is 12.5 Å². The zero-order valence-electron chi connectivity index (χ0n) is 9.40. The van der Waals surface area contributed by atoms with Crippen LogP contribution < -0.4 is 5.43 Å². The Hall–Kier alpha value is -2.10. The smallest absolute Gasteiger partial charge is 0.303 e. The van der Waals surface area contributed by atoms with Crippen molar-refractivity contribution in [2.24, 2.45) is 0 Å². The van der Waals surface area contributed by atoms with Crippen LogP contribution in [0.4, 0.5) is 0 Å². The second kappa shape index (κ2) is 4.41. The predicted octanol–water partition coefficient (Wildman–Crippen LogP) is 2.12. The molecule has 17 heavy (non-hydrogen) atoms. The first-order chi connectivity index (χ1) is 8.06. The maximum Gasteiger partial charge on any atom is 0.303 e. The average molecular weight is 232 g/mol. The molecule has 1 heterocycles. The van der Waals surface area contributed by atoms with Gasteiger partial charge in [-0.25, -0.2) is 0 Å². The van der Waals surface area contributed by atoms with E-state index >= 15 is 0 Å². The standard InChI is InChI=1S/C13H12O4/c1-8-2-4-10-11(14)7-9(3-5-13(15)16)17-12(10)6-8/h2,4,6-7H,3,5H2,1H3,(H,15,16). The molecule has 0 aliphatic carbocycles. The maximum atomic E-state index is 11.7. The fraction of sp³-hybridized carbons (Fsp3) is 0.231. The Morgan fingerprint density at radius 2 is 2.12 bits per heavy atom. The summed E-state index contributed by atoms with van der Waals surface area (Å²) in [5, 5.41) is 9.10. The van der Waals surface area contributed by atoms with Crippen molar-refractivity contribution in [2.75, 3.05) is 0 Å². The number of carboxylic acid groups (broad SMARTS) is 1. The third-order valence-electron chi connectivity index (χ3n) is 2.52. The molecular weight excluding hydrogens is 220 g/mol. The first-order valence-corrected chi connectivity index (χ1v) is 5.31. The van der Waals surface area contributed by atoms with Gasteiger partial charge in [0.2, 0.25) is 0 Å². The van der Waals surface area contributed by atoms with Crippen LogP contribution in [0, 0.1) is 6.92 Å². The van der Waals surface area contributed by atoms with Crippen LogP contribution in [-0.4, -0.2) is 11.1 Å². The summed E-state index contributed by atoms with van der Waals surface area (Å²) in [6.45, 7) is 1.91. The number of aliphatic carboxylic acids is 1. The van der Waals surface area contributed by atoms with Gasteiger partial charge < -0.3 is 9.52 Å². The van der Waals surface area contributed by atoms with Gasteiger partial charge in [-0.1, -0.05) is 6.07 Å². The molecule has 4 nitrogen and oxygen atoms in total. The topological polar surface area (TPSA) is 67.5 Å². The molecule has 0 atom stereocenters. The molecule has 0 radical (unpaired) electrons.